The van der Waals surface area contributed by atoms with E-state index in [0.29, 0.717) is 0 Å². The molecule has 2 heterocycles. The maximum absolute atomic E-state index is 4.01. The van der Waals surface area contributed by atoms with Crippen LogP contribution in [0.15, 0.2) is 24.0 Å². The first-order chi connectivity index (χ1) is 6.90. The fourth-order valence-electron chi connectivity index (χ4n) is 1.59. The van der Waals surface area contributed by atoms with E-state index in [0.717, 1.165) is 19.3 Å². The van der Waals surface area contributed by atoms with Gasteiger partial charge in [0.2, 0.25) is 0 Å². The molecule has 0 atom stereocenters. The maximum atomic E-state index is 4.01. The summed E-state index contributed by atoms with van der Waals surface area (Å²) in [4.78, 5) is 8.66. The number of H-pyrrole nitrogens is 1. The highest BCUT2D eigenvalue weighted by molar-refractivity contribution is 7.10. The third kappa shape index (κ3) is 2.04. The van der Waals surface area contributed by atoms with Gasteiger partial charge < -0.3 is 4.98 Å². The van der Waals surface area contributed by atoms with Crippen LogP contribution in [-0.2, 0) is 19.3 Å². The molecule has 2 aromatic rings. The average molecular weight is 206 g/mol. The van der Waals surface area contributed by atoms with Crippen molar-refractivity contribution < 1.29 is 0 Å². The highest BCUT2D eigenvalue weighted by atomic mass is 32.1. The number of hydrogen-bond acceptors (Lipinski definition) is 2. The lowest BCUT2D eigenvalue weighted by Crippen LogP contribution is -1.92. The van der Waals surface area contributed by atoms with Crippen molar-refractivity contribution in [2.75, 3.05) is 0 Å². The number of hydrogen-bond donors (Lipinski definition) is 1. The quantitative estimate of drug-likeness (QED) is 0.818. The molecule has 0 radical (unpaired) electrons. The molecule has 2 nitrogen and oxygen atoms in total. The number of aromatic nitrogens is 2. The molecular weight excluding hydrogens is 192 g/mol. The maximum Gasteiger partial charge on any atom is 0.0921 e. The van der Waals surface area contributed by atoms with Crippen LogP contribution in [0.25, 0.3) is 0 Å². The second kappa shape index (κ2) is 4.42. The summed E-state index contributed by atoms with van der Waals surface area (Å²) < 4.78 is 0. The third-order valence-electron chi connectivity index (χ3n) is 2.38. The van der Waals surface area contributed by atoms with Crippen LogP contribution in [0.2, 0.25) is 0 Å². The molecule has 0 aliphatic rings. The van der Waals surface area contributed by atoms with Crippen LogP contribution in [-0.4, -0.2) is 9.97 Å². The van der Waals surface area contributed by atoms with E-state index in [2.05, 4.69) is 28.3 Å². The summed E-state index contributed by atoms with van der Waals surface area (Å²) in [7, 11) is 0. The van der Waals surface area contributed by atoms with Crippen molar-refractivity contribution in [1.82, 2.24) is 9.97 Å². The summed E-state index contributed by atoms with van der Waals surface area (Å²) in [5.41, 5.74) is 2.71. The topological polar surface area (TPSA) is 28.7 Å². The zero-order chi connectivity index (χ0) is 9.80. The van der Waals surface area contributed by atoms with Crippen molar-refractivity contribution in [3.05, 3.63) is 40.1 Å². The molecule has 0 fully saturated rings. The molecule has 1 N–H and O–H groups in total. The Morgan fingerprint density at radius 3 is 3.07 bits per heavy atom. The lowest BCUT2D eigenvalue weighted by atomic mass is 10.1. The molecule has 0 aliphatic heterocycles. The van der Waals surface area contributed by atoms with E-state index in [-0.39, 0.29) is 0 Å². The molecular formula is C11H14N2S. The monoisotopic (exact) mass is 206 g/mol. The van der Waals surface area contributed by atoms with Crippen LogP contribution in [0.1, 0.15) is 23.1 Å². The second-order valence-corrected chi connectivity index (χ2v) is 4.30. The van der Waals surface area contributed by atoms with Gasteiger partial charge >= 0.3 is 0 Å². The van der Waals surface area contributed by atoms with Crippen molar-refractivity contribution in [2.45, 2.75) is 26.2 Å². The lowest BCUT2D eigenvalue weighted by Gasteiger charge is -1.99. The fraction of sp³-hybridized carbons (Fsp3) is 0.364. The minimum Gasteiger partial charge on any atom is -0.348 e. The van der Waals surface area contributed by atoms with Crippen LogP contribution < -0.4 is 0 Å². The first kappa shape index (κ1) is 9.46. The Labute approximate surface area is 88.0 Å². The first-order valence-electron chi connectivity index (χ1n) is 4.92. The summed E-state index contributed by atoms with van der Waals surface area (Å²) in [5, 5.41) is 2.18. The number of thiophene rings is 1. The van der Waals surface area contributed by atoms with Gasteiger partial charge in [-0.3, -0.25) is 0 Å². The Morgan fingerprint density at radius 2 is 2.36 bits per heavy atom. The van der Waals surface area contributed by atoms with Crippen LogP contribution >= 0.6 is 11.3 Å². The van der Waals surface area contributed by atoms with Crippen molar-refractivity contribution >= 4 is 11.3 Å². The van der Waals surface area contributed by atoms with Crippen LogP contribution in [0.4, 0.5) is 0 Å². The molecule has 0 saturated carbocycles. The van der Waals surface area contributed by atoms with Gasteiger partial charge in [-0.1, -0.05) is 6.92 Å². The van der Waals surface area contributed by atoms with Gasteiger partial charge in [0.05, 0.1) is 6.33 Å². The Kier molecular flexibility index (Phi) is 2.99. The number of nitrogens with one attached hydrogen (secondary N) is 1. The van der Waals surface area contributed by atoms with Gasteiger partial charge in [-0.05, 0) is 36.3 Å². The van der Waals surface area contributed by atoms with E-state index in [1.165, 1.54) is 16.1 Å². The SMILES string of the molecule is CCc1sccc1CCc1cnc[nH]1. The van der Waals surface area contributed by atoms with E-state index in [9.17, 15) is 0 Å². The molecule has 0 bridgehead atoms. The van der Waals surface area contributed by atoms with Gasteiger partial charge in [0.1, 0.15) is 0 Å². The lowest BCUT2D eigenvalue weighted by molar-refractivity contribution is 0.914. The Hall–Kier alpha value is -1.09. The third-order valence-corrected chi connectivity index (χ3v) is 3.48. The minimum atomic E-state index is 1.06. The van der Waals surface area contributed by atoms with E-state index < -0.39 is 0 Å². The van der Waals surface area contributed by atoms with Gasteiger partial charge in [0.25, 0.3) is 0 Å². The second-order valence-electron chi connectivity index (χ2n) is 3.30. The standard InChI is InChI=1S/C11H14N2S/c1-2-11-9(5-6-14-11)3-4-10-7-12-8-13-10/h5-8H,2-4H2,1H3,(H,12,13). The molecule has 0 amide bonds. The number of imidazole rings is 1. The van der Waals surface area contributed by atoms with Crippen LogP contribution in [0.3, 0.4) is 0 Å². The largest absolute Gasteiger partial charge is 0.348 e. The van der Waals surface area contributed by atoms with Crippen molar-refractivity contribution in [3.8, 4) is 0 Å². The van der Waals surface area contributed by atoms with E-state index in [1.54, 1.807) is 6.33 Å². The van der Waals surface area contributed by atoms with Gasteiger partial charge in [-0.2, -0.15) is 0 Å². The molecule has 0 unspecified atom stereocenters. The molecule has 0 spiro atoms. The summed E-state index contributed by atoms with van der Waals surface area (Å²) in [6.07, 6.45) is 6.97. The zero-order valence-electron chi connectivity index (χ0n) is 8.29. The number of rotatable bonds is 4. The average Bonchev–Trinajstić information content (AvgIpc) is 2.85. The molecule has 0 saturated heterocycles. The predicted octanol–water partition coefficient (Wildman–Crippen LogP) is 2.82. The summed E-state index contributed by atoms with van der Waals surface area (Å²) >= 11 is 1.86. The van der Waals surface area contributed by atoms with Crippen LogP contribution in [0.5, 0.6) is 0 Å². The Bertz CT molecular complexity index is 376. The molecule has 2 rings (SSSR count). The Balaban J connectivity index is 1.98. The van der Waals surface area contributed by atoms with Gasteiger partial charge in [0.15, 0.2) is 0 Å². The van der Waals surface area contributed by atoms with Gasteiger partial charge in [-0.25, -0.2) is 4.98 Å². The normalized spacial score (nSPS) is 10.6. The van der Waals surface area contributed by atoms with Gasteiger partial charge in [0, 0.05) is 16.8 Å². The molecule has 0 aromatic carbocycles. The minimum absolute atomic E-state index is 1.06. The molecule has 0 aliphatic carbocycles. The molecule has 74 valence electrons. The van der Waals surface area contributed by atoms with Crippen molar-refractivity contribution in [2.24, 2.45) is 0 Å². The number of nitrogens with zero attached hydrogens (tertiary/aromatic N) is 1. The van der Waals surface area contributed by atoms with E-state index in [1.807, 2.05) is 17.5 Å². The highest BCUT2D eigenvalue weighted by Crippen LogP contribution is 2.18. The number of aryl methyl sites for hydroxylation is 3. The molecule has 3 heteroatoms. The van der Waals surface area contributed by atoms with Crippen molar-refractivity contribution in [3.63, 3.8) is 0 Å². The fourth-order valence-corrected chi connectivity index (χ4v) is 2.48. The first-order valence-corrected chi connectivity index (χ1v) is 5.80. The zero-order valence-corrected chi connectivity index (χ0v) is 9.10. The van der Waals surface area contributed by atoms with Crippen molar-refractivity contribution in [1.29, 1.82) is 0 Å². The van der Waals surface area contributed by atoms with E-state index >= 15 is 0 Å². The predicted molar refractivity (Wildman–Crippen MR) is 59.7 cm³/mol. The molecule has 14 heavy (non-hydrogen) atoms. The molecule has 2 aromatic heterocycles. The van der Waals surface area contributed by atoms with Gasteiger partial charge in [-0.15, -0.1) is 11.3 Å². The summed E-state index contributed by atoms with van der Waals surface area (Å²) in [6, 6.07) is 2.24. The highest BCUT2D eigenvalue weighted by Gasteiger charge is 2.02. The number of aromatic amines is 1. The summed E-state index contributed by atoms with van der Waals surface area (Å²) in [5.74, 6) is 0. The van der Waals surface area contributed by atoms with E-state index in [4.69, 9.17) is 0 Å². The smallest absolute Gasteiger partial charge is 0.0921 e. The summed E-state index contributed by atoms with van der Waals surface area (Å²) in [6.45, 7) is 2.21. The van der Waals surface area contributed by atoms with Crippen LogP contribution in [0, 0.1) is 0 Å². The Morgan fingerprint density at radius 1 is 1.43 bits per heavy atom.